The summed E-state index contributed by atoms with van der Waals surface area (Å²) in [4.78, 5) is 0. The molecule has 0 bridgehead atoms. The topological polar surface area (TPSA) is 0 Å². The minimum atomic E-state index is 0.661. The molecule has 1 heteroatoms. The molecule has 0 amide bonds. The summed E-state index contributed by atoms with van der Waals surface area (Å²) < 4.78 is 0. The molecule has 0 heterocycles. The van der Waals surface area contributed by atoms with Crippen molar-refractivity contribution in [1.29, 1.82) is 0 Å². The van der Waals surface area contributed by atoms with Crippen LogP contribution in [0, 0.1) is 0 Å². The van der Waals surface area contributed by atoms with Gasteiger partial charge in [-0.25, -0.2) is 0 Å². The fourth-order valence-electron chi connectivity index (χ4n) is 1.79. The van der Waals surface area contributed by atoms with Crippen molar-refractivity contribution in [3.8, 4) is 0 Å². The smallest absolute Gasteiger partial charge is 0.000565 e. The predicted molar refractivity (Wildman–Crippen MR) is 52.1 cm³/mol. The van der Waals surface area contributed by atoms with Gasteiger partial charge in [0.25, 0.3) is 0 Å². The Morgan fingerprint density at radius 1 is 1.40 bits per heavy atom. The Labute approximate surface area is 66.9 Å². The molecule has 0 aromatic carbocycles. The average Bonchev–Trinajstić information content (AvgIpc) is 2.43. The van der Waals surface area contributed by atoms with E-state index in [1.807, 2.05) is 0 Å². The molecule has 1 aliphatic carbocycles. The third kappa shape index (κ3) is 1.85. The van der Waals surface area contributed by atoms with E-state index in [0.717, 1.165) is 5.25 Å². The lowest BCUT2D eigenvalue weighted by Gasteiger charge is -2.13. The van der Waals surface area contributed by atoms with Crippen LogP contribution in [0.3, 0.4) is 0 Å². The molecule has 1 rings (SSSR count). The lowest BCUT2D eigenvalue weighted by molar-refractivity contribution is 0.886. The minimum Gasteiger partial charge on any atom is -0.187 e. The molecule has 1 atom stereocenters. The van der Waals surface area contributed by atoms with Gasteiger partial charge < -0.3 is 0 Å². The standard InChI is InChI=1S/C9H18S/c1-3-10(4-2)9-7-5-6-8-9/h3,9H,4-8H2,1-2H3. The summed E-state index contributed by atoms with van der Waals surface area (Å²) in [5.74, 6) is 1.38. The molecule has 0 aromatic heterocycles. The predicted octanol–water partition coefficient (Wildman–Crippen LogP) is 3.04. The van der Waals surface area contributed by atoms with E-state index in [-0.39, 0.29) is 0 Å². The third-order valence-corrected chi connectivity index (χ3v) is 4.97. The van der Waals surface area contributed by atoms with E-state index in [1.165, 1.54) is 31.4 Å². The molecule has 1 unspecified atom stereocenters. The summed E-state index contributed by atoms with van der Waals surface area (Å²) in [6.07, 6.45) is 5.98. The highest BCUT2D eigenvalue weighted by Gasteiger charge is 2.16. The van der Waals surface area contributed by atoms with Crippen molar-refractivity contribution in [3.63, 3.8) is 0 Å². The lowest BCUT2D eigenvalue weighted by Crippen LogP contribution is -1.99. The quantitative estimate of drug-likeness (QED) is 0.542. The van der Waals surface area contributed by atoms with Crippen molar-refractivity contribution in [2.45, 2.75) is 44.8 Å². The number of rotatable bonds is 2. The summed E-state index contributed by atoms with van der Waals surface area (Å²) >= 11 is 0. The summed E-state index contributed by atoms with van der Waals surface area (Å²) in [5, 5.41) is 3.49. The molecule has 0 nitrogen and oxygen atoms in total. The van der Waals surface area contributed by atoms with Crippen molar-refractivity contribution in [2.24, 2.45) is 0 Å². The Hall–Kier alpha value is 0.220. The van der Waals surface area contributed by atoms with Gasteiger partial charge in [0.2, 0.25) is 0 Å². The Kier molecular flexibility index (Phi) is 3.47. The summed E-state index contributed by atoms with van der Waals surface area (Å²) in [7, 11) is 0.661. The average molecular weight is 158 g/mol. The normalized spacial score (nSPS) is 23.8. The van der Waals surface area contributed by atoms with E-state index in [9.17, 15) is 0 Å². The fourth-order valence-corrected chi connectivity index (χ4v) is 3.91. The molecule has 1 saturated carbocycles. The van der Waals surface area contributed by atoms with Gasteiger partial charge in [-0.05, 0) is 30.8 Å². The van der Waals surface area contributed by atoms with Gasteiger partial charge in [-0.2, -0.15) is 10.5 Å². The number of hydrogen-bond donors (Lipinski definition) is 0. The van der Waals surface area contributed by atoms with Crippen LogP contribution >= 0.6 is 10.5 Å². The zero-order valence-corrected chi connectivity index (χ0v) is 7.91. The molecule has 0 aromatic rings. The highest BCUT2D eigenvalue weighted by molar-refractivity contribution is 8.15. The van der Waals surface area contributed by atoms with Crippen LogP contribution in [0.15, 0.2) is 0 Å². The monoisotopic (exact) mass is 158 g/mol. The van der Waals surface area contributed by atoms with Gasteiger partial charge in [-0.15, -0.1) is 0 Å². The van der Waals surface area contributed by atoms with Gasteiger partial charge in [0.15, 0.2) is 0 Å². The van der Waals surface area contributed by atoms with Crippen molar-refractivity contribution < 1.29 is 0 Å². The largest absolute Gasteiger partial charge is 0.187 e. The van der Waals surface area contributed by atoms with Gasteiger partial charge in [0.1, 0.15) is 0 Å². The molecule has 1 aliphatic rings. The van der Waals surface area contributed by atoms with Gasteiger partial charge in [0, 0.05) is 0 Å². The highest BCUT2D eigenvalue weighted by Crippen LogP contribution is 2.33. The summed E-state index contributed by atoms with van der Waals surface area (Å²) in [6.45, 7) is 4.55. The Balaban J connectivity index is 2.45. The molecule has 1 fully saturated rings. The first-order valence-corrected chi connectivity index (χ1v) is 5.88. The first kappa shape index (κ1) is 8.32. The first-order chi connectivity index (χ1) is 4.88. The maximum Gasteiger partial charge on any atom is -0.000565 e. The second kappa shape index (κ2) is 4.17. The molecular weight excluding hydrogens is 140 g/mol. The zero-order chi connectivity index (χ0) is 7.40. The van der Waals surface area contributed by atoms with Crippen LogP contribution in [-0.2, 0) is 0 Å². The molecule has 0 aliphatic heterocycles. The van der Waals surface area contributed by atoms with Gasteiger partial charge in [-0.3, -0.25) is 0 Å². The van der Waals surface area contributed by atoms with Crippen molar-refractivity contribution in [2.75, 3.05) is 5.75 Å². The second-order valence-electron chi connectivity index (χ2n) is 2.90. The second-order valence-corrected chi connectivity index (χ2v) is 5.55. The SMILES string of the molecule is C/C=S(/CC)C1CCCC1. The maximum atomic E-state index is 2.43. The Bertz CT molecular complexity index is 121. The molecular formula is C9H18S. The van der Waals surface area contributed by atoms with Crippen LogP contribution in [0.4, 0.5) is 0 Å². The van der Waals surface area contributed by atoms with E-state index in [0.29, 0.717) is 10.5 Å². The molecule has 0 radical (unpaired) electrons. The van der Waals surface area contributed by atoms with Crippen LogP contribution in [0.5, 0.6) is 0 Å². The Morgan fingerprint density at radius 2 is 2.00 bits per heavy atom. The highest BCUT2D eigenvalue weighted by atomic mass is 32.2. The van der Waals surface area contributed by atoms with Crippen LogP contribution < -0.4 is 0 Å². The van der Waals surface area contributed by atoms with Crippen molar-refractivity contribution >= 4 is 15.9 Å². The minimum absolute atomic E-state index is 0.661. The van der Waals surface area contributed by atoms with Gasteiger partial charge >= 0.3 is 0 Å². The van der Waals surface area contributed by atoms with Crippen molar-refractivity contribution in [3.05, 3.63) is 0 Å². The van der Waals surface area contributed by atoms with Crippen molar-refractivity contribution in [1.82, 2.24) is 0 Å². The van der Waals surface area contributed by atoms with E-state index in [2.05, 4.69) is 19.2 Å². The van der Waals surface area contributed by atoms with E-state index < -0.39 is 0 Å². The van der Waals surface area contributed by atoms with Gasteiger partial charge in [0.05, 0.1) is 0 Å². The van der Waals surface area contributed by atoms with Gasteiger partial charge in [-0.1, -0.05) is 25.1 Å². The lowest BCUT2D eigenvalue weighted by atomic mass is 10.4. The van der Waals surface area contributed by atoms with E-state index in [4.69, 9.17) is 0 Å². The molecule has 10 heavy (non-hydrogen) atoms. The Morgan fingerprint density at radius 3 is 2.40 bits per heavy atom. The molecule has 0 spiro atoms. The number of hydrogen-bond acceptors (Lipinski definition) is 0. The van der Waals surface area contributed by atoms with Crippen LogP contribution in [0.25, 0.3) is 0 Å². The molecule has 0 N–H and O–H groups in total. The molecule has 60 valence electrons. The molecule has 0 saturated heterocycles. The van der Waals surface area contributed by atoms with Crippen LogP contribution in [0.2, 0.25) is 0 Å². The third-order valence-electron chi connectivity index (χ3n) is 2.37. The summed E-state index contributed by atoms with van der Waals surface area (Å²) in [6, 6.07) is 0. The van der Waals surface area contributed by atoms with E-state index >= 15 is 0 Å². The van der Waals surface area contributed by atoms with Crippen LogP contribution in [0.1, 0.15) is 39.5 Å². The zero-order valence-electron chi connectivity index (χ0n) is 7.10. The fraction of sp³-hybridized carbons (Fsp3) is 0.889. The van der Waals surface area contributed by atoms with Crippen LogP contribution in [-0.4, -0.2) is 16.4 Å². The first-order valence-electron chi connectivity index (χ1n) is 4.36. The van der Waals surface area contributed by atoms with E-state index in [1.54, 1.807) is 0 Å². The maximum absolute atomic E-state index is 2.43. The summed E-state index contributed by atoms with van der Waals surface area (Å²) in [5.41, 5.74) is 0.